The van der Waals surface area contributed by atoms with E-state index in [1.54, 1.807) is 20.8 Å². The predicted octanol–water partition coefficient (Wildman–Crippen LogP) is 4.00. The van der Waals surface area contributed by atoms with Gasteiger partial charge >= 0.3 is 12.3 Å². The summed E-state index contributed by atoms with van der Waals surface area (Å²) in [5, 5.41) is 0. The van der Waals surface area contributed by atoms with Crippen molar-refractivity contribution in [2.24, 2.45) is 0 Å². The first-order valence-electron chi connectivity index (χ1n) is 7.27. The van der Waals surface area contributed by atoms with Crippen LogP contribution in [0.2, 0.25) is 0 Å². The number of alkyl halides is 3. The fourth-order valence-electron chi connectivity index (χ4n) is 2.01. The van der Waals surface area contributed by atoms with Crippen LogP contribution in [0.25, 0.3) is 0 Å². The molecule has 0 N–H and O–H groups in total. The summed E-state index contributed by atoms with van der Waals surface area (Å²) in [5.41, 5.74) is -1.18. The number of pyridine rings is 1. The molecule has 1 aromatic rings. The van der Waals surface area contributed by atoms with E-state index in [2.05, 4.69) is 20.9 Å². The summed E-state index contributed by atoms with van der Waals surface area (Å²) in [6.07, 6.45) is -5.11. The molecule has 1 aliphatic heterocycles. The molecule has 0 aliphatic carbocycles. The molecular weight excluding hydrogens is 393 g/mol. The summed E-state index contributed by atoms with van der Waals surface area (Å²) < 4.78 is 49.1. The van der Waals surface area contributed by atoms with Crippen LogP contribution in [-0.2, 0) is 22.3 Å². The molecule has 0 atom stereocenters. The molecule has 1 aliphatic rings. The van der Waals surface area contributed by atoms with Crippen molar-refractivity contribution in [3.63, 3.8) is 0 Å². The molecule has 24 heavy (non-hydrogen) atoms. The number of carbonyl (C=O) groups is 1. The van der Waals surface area contributed by atoms with Crippen LogP contribution in [0.15, 0.2) is 16.7 Å². The first kappa shape index (κ1) is 19.0. The molecule has 134 valence electrons. The van der Waals surface area contributed by atoms with Crippen LogP contribution < -0.4 is 0 Å². The number of hydrogen-bond acceptors (Lipinski definition) is 4. The van der Waals surface area contributed by atoms with Gasteiger partial charge in [-0.05, 0) is 48.8 Å². The predicted molar refractivity (Wildman–Crippen MR) is 83.3 cm³/mol. The Morgan fingerprint density at radius 2 is 1.96 bits per heavy atom. The van der Waals surface area contributed by atoms with E-state index < -0.39 is 23.4 Å². The van der Waals surface area contributed by atoms with Gasteiger partial charge in [-0.2, -0.15) is 13.2 Å². The average Bonchev–Trinajstić information content (AvgIpc) is 2.32. The number of aromatic nitrogens is 1. The molecule has 0 aromatic carbocycles. The zero-order chi connectivity index (χ0) is 18.1. The fourth-order valence-corrected chi connectivity index (χ4v) is 2.49. The lowest BCUT2D eigenvalue weighted by molar-refractivity contribution is -0.137. The van der Waals surface area contributed by atoms with E-state index in [4.69, 9.17) is 9.47 Å². The minimum absolute atomic E-state index is 0.0602. The summed E-state index contributed by atoms with van der Waals surface area (Å²) >= 11 is 2.96. The van der Waals surface area contributed by atoms with Gasteiger partial charge in [-0.3, -0.25) is 0 Å². The summed E-state index contributed by atoms with van der Waals surface area (Å²) in [6.45, 7) is 5.95. The van der Waals surface area contributed by atoms with Crippen LogP contribution in [0.5, 0.6) is 0 Å². The fraction of sp³-hybridized carbons (Fsp3) is 0.600. The number of carbonyl (C=O) groups excluding carboxylic acids is 1. The third-order valence-corrected chi connectivity index (χ3v) is 3.55. The summed E-state index contributed by atoms with van der Waals surface area (Å²) in [4.78, 5) is 17.2. The maximum absolute atomic E-state index is 12.8. The Hall–Kier alpha value is -1.35. The zero-order valence-corrected chi connectivity index (χ0v) is 15.1. The molecule has 9 heteroatoms. The van der Waals surface area contributed by atoms with E-state index in [9.17, 15) is 18.0 Å². The normalized spacial score (nSPS) is 16.0. The van der Waals surface area contributed by atoms with Crippen LogP contribution in [0.4, 0.5) is 18.0 Å². The van der Waals surface area contributed by atoms with Crippen molar-refractivity contribution in [2.45, 2.75) is 45.3 Å². The lowest BCUT2D eigenvalue weighted by Crippen LogP contribution is -2.55. The molecule has 0 spiro atoms. The number of amides is 1. The van der Waals surface area contributed by atoms with Crippen LogP contribution in [0.1, 0.15) is 32.0 Å². The van der Waals surface area contributed by atoms with Crippen molar-refractivity contribution in [2.75, 3.05) is 13.1 Å². The Morgan fingerprint density at radius 1 is 1.33 bits per heavy atom. The molecule has 1 saturated heterocycles. The van der Waals surface area contributed by atoms with Crippen LogP contribution >= 0.6 is 15.9 Å². The highest BCUT2D eigenvalue weighted by Gasteiger charge is 2.35. The van der Waals surface area contributed by atoms with Crippen LogP contribution in [0.3, 0.4) is 0 Å². The van der Waals surface area contributed by atoms with Crippen molar-refractivity contribution in [3.8, 4) is 0 Å². The van der Waals surface area contributed by atoms with Gasteiger partial charge in [0.05, 0.1) is 37.1 Å². The van der Waals surface area contributed by atoms with E-state index >= 15 is 0 Å². The Labute approximate surface area is 146 Å². The number of ether oxygens (including phenoxy) is 2. The molecule has 2 heterocycles. The lowest BCUT2D eigenvalue weighted by Gasteiger charge is -2.39. The second-order valence-electron chi connectivity index (χ2n) is 6.49. The quantitative estimate of drug-likeness (QED) is 0.706. The highest BCUT2D eigenvalue weighted by Crippen LogP contribution is 2.31. The van der Waals surface area contributed by atoms with Gasteiger partial charge in [0.2, 0.25) is 0 Å². The van der Waals surface area contributed by atoms with Crippen molar-refractivity contribution >= 4 is 22.0 Å². The smallest absolute Gasteiger partial charge is 0.416 e. The van der Waals surface area contributed by atoms with Gasteiger partial charge < -0.3 is 14.4 Å². The topological polar surface area (TPSA) is 51.7 Å². The second-order valence-corrected chi connectivity index (χ2v) is 7.30. The van der Waals surface area contributed by atoms with Crippen LogP contribution in [0, 0.1) is 0 Å². The van der Waals surface area contributed by atoms with Gasteiger partial charge in [-0.1, -0.05) is 0 Å². The van der Waals surface area contributed by atoms with E-state index in [1.807, 2.05) is 0 Å². The highest BCUT2D eigenvalue weighted by atomic mass is 79.9. The molecule has 0 bridgehead atoms. The molecule has 1 aromatic heterocycles. The number of halogens is 4. The van der Waals surface area contributed by atoms with Crippen molar-refractivity contribution in [3.05, 3.63) is 28.0 Å². The van der Waals surface area contributed by atoms with Crippen LogP contribution in [-0.4, -0.2) is 40.8 Å². The minimum atomic E-state index is -4.44. The number of likely N-dealkylation sites (tertiary alicyclic amines) is 1. The first-order chi connectivity index (χ1) is 10.9. The molecule has 0 unspecified atom stereocenters. The Bertz CT molecular complexity index is 611. The average molecular weight is 411 g/mol. The van der Waals surface area contributed by atoms with E-state index in [-0.39, 0.29) is 23.0 Å². The SMILES string of the molecule is CC(C)(C)OC(=O)N1CC(OCc2cc(C(F)(F)F)cc(Br)n2)C1. The lowest BCUT2D eigenvalue weighted by atomic mass is 10.1. The van der Waals surface area contributed by atoms with Gasteiger partial charge in [0.25, 0.3) is 0 Å². The van der Waals surface area contributed by atoms with Gasteiger partial charge in [-0.15, -0.1) is 0 Å². The summed E-state index contributed by atoms with van der Waals surface area (Å²) in [7, 11) is 0. The minimum Gasteiger partial charge on any atom is -0.444 e. The Morgan fingerprint density at radius 3 is 2.50 bits per heavy atom. The van der Waals surface area contributed by atoms with E-state index in [0.29, 0.717) is 13.1 Å². The number of nitrogens with zero attached hydrogens (tertiary/aromatic N) is 2. The van der Waals surface area contributed by atoms with E-state index in [0.717, 1.165) is 12.1 Å². The Kier molecular flexibility index (Phi) is 5.44. The third kappa shape index (κ3) is 5.34. The third-order valence-electron chi connectivity index (χ3n) is 3.14. The molecule has 5 nitrogen and oxygen atoms in total. The molecular formula is C15H18BrF3N2O3. The summed E-state index contributed by atoms with van der Waals surface area (Å²) in [6, 6.07) is 1.87. The standard InChI is InChI=1S/C15H18BrF3N2O3/c1-14(2,3)24-13(22)21-6-11(7-21)23-8-10-4-9(15(17,18)19)5-12(16)20-10/h4-5,11H,6-8H2,1-3H3. The Balaban J connectivity index is 1.84. The molecule has 2 rings (SSSR count). The maximum Gasteiger partial charge on any atom is 0.416 e. The zero-order valence-electron chi connectivity index (χ0n) is 13.5. The molecule has 1 amide bonds. The van der Waals surface area contributed by atoms with Gasteiger partial charge in [0, 0.05) is 0 Å². The van der Waals surface area contributed by atoms with Crippen molar-refractivity contribution in [1.82, 2.24) is 9.88 Å². The van der Waals surface area contributed by atoms with Crippen molar-refractivity contribution in [1.29, 1.82) is 0 Å². The molecule has 1 fully saturated rings. The molecule has 0 radical (unpaired) electrons. The highest BCUT2D eigenvalue weighted by molar-refractivity contribution is 9.10. The second kappa shape index (κ2) is 6.87. The largest absolute Gasteiger partial charge is 0.444 e. The monoisotopic (exact) mass is 410 g/mol. The summed E-state index contributed by atoms with van der Waals surface area (Å²) in [5.74, 6) is 0. The first-order valence-corrected chi connectivity index (χ1v) is 8.06. The number of hydrogen-bond donors (Lipinski definition) is 0. The number of rotatable bonds is 3. The maximum atomic E-state index is 12.8. The molecule has 0 saturated carbocycles. The van der Waals surface area contributed by atoms with Gasteiger partial charge in [0.15, 0.2) is 0 Å². The van der Waals surface area contributed by atoms with E-state index in [1.165, 1.54) is 4.90 Å². The van der Waals surface area contributed by atoms with Gasteiger partial charge in [0.1, 0.15) is 10.2 Å². The van der Waals surface area contributed by atoms with Crippen molar-refractivity contribution < 1.29 is 27.4 Å². The van der Waals surface area contributed by atoms with Gasteiger partial charge in [-0.25, -0.2) is 9.78 Å².